The molecule has 0 atom stereocenters. The highest BCUT2D eigenvalue weighted by Crippen LogP contribution is 2.26. The third kappa shape index (κ3) is 2.63. The molecule has 14 heavy (non-hydrogen) atoms. The lowest BCUT2D eigenvalue weighted by molar-refractivity contribution is 0.341. The van der Waals surface area contributed by atoms with E-state index in [1.807, 2.05) is 25.1 Å². The zero-order chi connectivity index (χ0) is 10.4. The number of ether oxygens (including phenoxy) is 1. The minimum Gasteiger partial charge on any atom is -0.492 e. The maximum absolute atomic E-state index is 5.43. The van der Waals surface area contributed by atoms with E-state index in [-0.39, 0.29) is 5.96 Å². The van der Waals surface area contributed by atoms with E-state index in [2.05, 4.69) is 10.4 Å². The van der Waals surface area contributed by atoms with Gasteiger partial charge in [-0.3, -0.25) is 5.43 Å². The van der Waals surface area contributed by atoms with Crippen molar-refractivity contribution >= 4 is 11.6 Å². The first-order valence-corrected chi connectivity index (χ1v) is 4.30. The van der Waals surface area contributed by atoms with Crippen LogP contribution in [0.25, 0.3) is 0 Å². The van der Waals surface area contributed by atoms with E-state index in [4.69, 9.17) is 16.3 Å². The maximum atomic E-state index is 5.43. The fourth-order valence-corrected chi connectivity index (χ4v) is 0.989. The van der Waals surface area contributed by atoms with Gasteiger partial charge in [-0.15, -0.1) is 0 Å². The van der Waals surface area contributed by atoms with Crippen molar-refractivity contribution in [1.29, 1.82) is 0 Å². The van der Waals surface area contributed by atoms with Crippen molar-refractivity contribution in [2.75, 3.05) is 6.61 Å². The lowest BCUT2D eigenvalue weighted by Crippen LogP contribution is -2.36. The Labute approximate surface area is 82.7 Å². The van der Waals surface area contributed by atoms with E-state index in [0.29, 0.717) is 18.0 Å². The van der Waals surface area contributed by atoms with E-state index in [9.17, 15) is 0 Å². The molecular formula is C9H14N4O. The zero-order valence-corrected chi connectivity index (χ0v) is 8.03. The second-order valence-electron chi connectivity index (χ2n) is 2.54. The van der Waals surface area contributed by atoms with Crippen LogP contribution in [0, 0.1) is 0 Å². The first-order chi connectivity index (χ1) is 6.77. The molecule has 0 unspecified atom stereocenters. The lowest BCUT2D eigenvalue weighted by Gasteiger charge is -2.06. The summed E-state index contributed by atoms with van der Waals surface area (Å²) in [4.78, 5) is 4.03. The number of benzene rings is 1. The molecule has 1 rings (SSSR count). The summed E-state index contributed by atoms with van der Waals surface area (Å²) in [5.41, 5.74) is 8.34. The van der Waals surface area contributed by atoms with Gasteiger partial charge in [-0.2, -0.15) is 0 Å². The van der Waals surface area contributed by atoms with Crippen LogP contribution in [0.2, 0.25) is 0 Å². The summed E-state index contributed by atoms with van der Waals surface area (Å²) in [6, 6.07) is 7.35. The SMILES string of the molecule is CCOc1ccccc1N=C(N)NN. The van der Waals surface area contributed by atoms with Gasteiger partial charge in [0.25, 0.3) is 0 Å². The number of nitrogens with zero attached hydrogens (tertiary/aromatic N) is 1. The van der Waals surface area contributed by atoms with Crippen molar-refractivity contribution in [3.8, 4) is 5.75 Å². The molecule has 0 heterocycles. The van der Waals surface area contributed by atoms with Crippen LogP contribution in [0.5, 0.6) is 5.75 Å². The molecular weight excluding hydrogens is 180 g/mol. The molecule has 0 bridgehead atoms. The van der Waals surface area contributed by atoms with E-state index >= 15 is 0 Å². The fraction of sp³-hybridized carbons (Fsp3) is 0.222. The molecule has 0 aliphatic carbocycles. The van der Waals surface area contributed by atoms with E-state index < -0.39 is 0 Å². The maximum Gasteiger partial charge on any atom is 0.208 e. The third-order valence-electron chi connectivity index (χ3n) is 1.55. The second kappa shape index (κ2) is 5.08. The van der Waals surface area contributed by atoms with Gasteiger partial charge < -0.3 is 10.5 Å². The van der Waals surface area contributed by atoms with Crippen molar-refractivity contribution in [2.24, 2.45) is 16.6 Å². The van der Waals surface area contributed by atoms with E-state index in [0.717, 1.165) is 0 Å². The molecule has 76 valence electrons. The van der Waals surface area contributed by atoms with Gasteiger partial charge in [-0.1, -0.05) is 12.1 Å². The van der Waals surface area contributed by atoms with Crippen LogP contribution in [-0.4, -0.2) is 12.6 Å². The van der Waals surface area contributed by atoms with Crippen molar-refractivity contribution in [2.45, 2.75) is 6.92 Å². The minimum atomic E-state index is 0.150. The summed E-state index contributed by atoms with van der Waals surface area (Å²) in [5.74, 6) is 5.94. The molecule has 5 nitrogen and oxygen atoms in total. The Bertz CT molecular complexity index is 324. The van der Waals surface area contributed by atoms with Crippen molar-refractivity contribution in [1.82, 2.24) is 5.43 Å². The van der Waals surface area contributed by atoms with Crippen LogP contribution in [0.15, 0.2) is 29.3 Å². The summed E-state index contributed by atoms with van der Waals surface area (Å²) < 4.78 is 5.35. The van der Waals surface area contributed by atoms with Gasteiger partial charge >= 0.3 is 0 Å². The molecule has 0 amide bonds. The molecule has 0 spiro atoms. The summed E-state index contributed by atoms with van der Waals surface area (Å²) in [6.07, 6.45) is 0. The molecule has 5 heteroatoms. The van der Waals surface area contributed by atoms with Gasteiger partial charge in [0.2, 0.25) is 5.96 Å². The van der Waals surface area contributed by atoms with Gasteiger partial charge in [-0.05, 0) is 19.1 Å². The average molecular weight is 194 g/mol. The van der Waals surface area contributed by atoms with Crippen molar-refractivity contribution < 1.29 is 4.74 Å². The van der Waals surface area contributed by atoms with Crippen LogP contribution in [0.1, 0.15) is 6.92 Å². The molecule has 0 saturated heterocycles. The number of nitrogens with two attached hydrogens (primary N) is 2. The highest BCUT2D eigenvalue weighted by molar-refractivity contribution is 5.81. The predicted molar refractivity (Wildman–Crippen MR) is 56.2 cm³/mol. The summed E-state index contributed by atoms with van der Waals surface area (Å²) in [6.45, 7) is 2.49. The van der Waals surface area contributed by atoms with E-state index in [1.54, 1.807) is 6.07 Å². The number of nitrogens with one attached hydrogen (secondary N) is 1. The molecule has 5 N–H and O–H groups in total. The summed E-state index contributed by atoms with van der Waals surface area (Å²) >= 11 is 0. The fourth-order valence-electron chi connectivity index (χ4n) is 0.989. The first kappa shape index (κ1) is 10.3. The van der Waals surface area contributed by atoms with Crippen molar-refractivity contribution in [3.63, 3.8) is 0 Å². The van der Waals surface area contributed by atoms with Gasteiger partial charge in [0.1, 0.15) is 11.4 Å². The van der Waals surface area contributed by atoms with Gasteiger partial charge in [0.15, 0.2) is 0 Å². The monoisotopic (exact) mass is 194 g/mol. The van der Waals surface area contributed by atoms with Crippen LogP contribution in [-0.2, 0) is 0 Å². The Morgan fingerprint density at radius 1 is 1.50 bits per heavy atom. The normalized spacial score (nSPS) is 11.1. The predicted octanol–water partition coefficient (Wildman–Crippen LogP) is 0.495. The van der Waals surface area contributed by atoms with Gasteiger partial charge in [-0.25, -0.2) is 10.8 Å². The Kier molecular flexibility index (Phi) is 3.75. The Hall–Kier alpha value is -1.75. The van der Waals surface area contributed by atoms with Crippen LogP contribution >= 0.6 is 0 Å². The van der Waals surface area contributed by atoms with E-state index in [1.165, 1.54) is 0 Å². The number of hydrogen-bond donors (Lipinski definition) is 3. The molecule has 0 saturated carbocycles. The highest BCUT2D eigenvalue weighted by Gasteiger charge is 2.00. The van der Waals surface area contributed by atoms with Crippen LogP contribution in [0.3, 0.4) is 0 Å². The molecule has 1 aromatic rings. The number of guanidine groups is 1. The Balaban J connectivity index is 2.95. The molecule has 0 aromatic heterocycles. The third-order valence-corrected chi connectivity index (χ3v) is 1.55. The van der Waals surface area contributed by atoms with Crippen LogP contribution < -0.4 is 21.7 Å². The minimum absolute atomic E-state index is 0.150. The zero-order valence-electron chi connectivity index (χ0n) is 8.03. The number of rotatable bonds is 3. The molecule has 0 fully saturated rings. The second-order valence-corrected chi connectivity index (χ2v) is 2.54. The Morgan fingerprint density at radius 2 is 2.21 bits per heavy atom. The summed E-state index contributed by atoms with van der Waals surface area (Å²) in [5, 5.41) is 0. The lowest BCUT2D eigenvalue weighted by atomic mass is 10.3. The number of para-hydroxylation sites is 2. The molecule has 0 aliphatic heterocycles. The average Bonchev–Trinajstić information content (AvgIpc) is 2.21. The summed E-state index contributed by atoms with van der Waals surface area (Å²) in [7, 11) is 0. The number of hydrogen-bond acceptors (Lipinski definition) is 3. The van der Waals surface area contributed by atoms with Gasteiger partial charge in [0.05, 0.1) is 6.61 Å². The first-order valence-electron chi connectivity index (χ1n) is 4.30. The molecule has 1 aromatic carbocycles. The standard InChI is InChI=1S/C9H14N4O/c1-2-14-8-6-4-3-5-7(8)12-9(10)13-11/h3-6H,2,11H2,1H3,(H3,10,12,13). The smallest absolute Gasteiger partial charge is 0.208 e. The number of aliphatic imine (C=N–C) groups is 1. The van der Waals surface area contributed by atoms with Gasteiger partial charge in [0, 0.05) is 0 Å². The number of hydrazine groups is 1. The quantitative estimate of drug-likeness (QED) is 0.283. The molecule has 0 aliphatic rings. The van der Waals surface area contributed by atoms with Crippen molar-refractivity contribution in [3.05, 3.63) is 24.3 Å². The topological polar surface area (TPSA) is 85.7 Å². The highest BCUT2D eigenvalue weighted by atomic mass is 16.5. The largest absolute Gasteiger partial charge is 0.492 e. The Morgan fingerprint density at radius 3 is 2.86 bits per heavy atom. The van der Waals surface area contributed by atoms with Crippen LogP contribution in [0.4, 0.5) is 5.69 Å². The molecule has 0 radical (unpaired) electrons.